The Kier molecular flexibility index (Phi) is 3.84. The smallest absolute Gasteiger partial charge is 0.210 e. The van der Waals surface area contributed by atoms with Crippen LogP contribution in [0.1, 0.15) is 11.1 Å². The summed E-state index contributed by atoms with van der Waals surface area (Å²) >= 11 is 0. The van der Waals surface area contributed by atoms with Gasteiger partial charge in [0.1, 0.15) is 0 Å². The van der Waals surface area contributed by atoms with Crippen LogP contribution in [0.5, 0.6) is 0 Å². The van der Waals surface area contributed by atoms with Crippen LogP contribution >= 0.6 is 0 Å². The number of sulfonamides is 1. The van der Waals surface area contributed by atoms with Crippen LogP contribution in [0, 0.1) is 13.8 Å². The zero-order valence-electron chi connectivity index (χ0n) is 11.1. The molecule has 0 aliphatic heterocycles. The predicted molar refractivity (Wildman–Crippen MR) is 76.7 cm³/mol. The summed E-state index contributed by atoms with van der Waals surface area (Å²) in [6.45, 7) is 3.67. The number of isocyanates is 1. The standard InChI is InChI=1S/C15H13NO3S/c1-11-5-3-6-13(9-11)14-7-4-8-15(12(14)2)20(18,19)16-10-17/h3-9H,1-2H3. The minimum atomic E-state index is -3.98. The first-order valence-corrected chi connectivity index (χ1v) is 7.40. The van der Waals surface area contributed by atoms with Crippen molar-refractivity contribution in [3.63, 3.8) is 0 Å². The van der Waals surface area contributed by atoms with Gasteiger partial charge in [0, 0.05) is 0 Å². The first-order chi connectivity index (χ1) is 9.45. The lowest BCUT2D eigenvalue weighted by Crippen LogP contribution is -2.00. The molecule has 0 amide bonds. The molecule has 20 heavy (non-hydrogen) atoms. The second-order valence-corrected chi connectivity index (χ2v) is 6.03. The molecule has 4 nitrogen and oxygen atoms in total. The Morgan fingerprint density at radius 2 is 1.75 bits per heavy atom. The maximum atomic E-state index is 11.9. The molecule has 0 fully saturated rings. The van der Waals surface area contributed by atoms with Gasteiger partial charge in [-0.25, -0.2) is 4.79 Å². The maximum Gasteiger partial charge on any atom is 0.292 e. The summed E-state index contributed by atoms with van der Waals surface area (Å²) < 4.78 is 26.7. The molecule has 5 heteroatoms. The molecule has 0 bridgehead atoms. The summed E-state index contributed by atoms with van der Waals surface area (Å²) in [6.07, 6.45) is 1.09. The van der Waals surface area contributed by atoms with Crippen molar-refractivity contribution < 1.29 is 13.2 Å². The monoisotopic (exact) mass is 287 g/mol. The molecule has 2 rings (SSSR count). The first kappa shape index (κ1) is 14.2. The van der Waals surface area contributed by atoms with Gasteiger partial charge in [0.05, 0.1) is 4.90 Å². The van der Waals surface area contributed by atoms with E-state index in [0.29, 0.717) is 5.56 Å². The number of nitrogens with zero attached hydrogens (tertiary/aromatic N) is 1. The molecule has 0 saturated heterocycles. The van der Waals surface area contributed by atoms with E-state index in [2.05, 4.69) is 4.40 Å². The van der Waals surface area contributed by atoms with Crippen molar-refractivity contribution in [2.45, 2.75) is 18.7 Å². The molecule has 0 aliphatic rings. The Morgan fingerprint density at radius 3 is 2.40 bits per heavy atom. The van der Waals surface area contributed by atoms with Crippen molar-refractivity contribution in [3.8, 4) is 11.1 Å². The average molecular weight is 287 g/mol. The van der Waals surface area contributed by atoms with Gasteiger partial charge >= 0.3 is 0 Å². The molecule has 0 N–H and O–H groups in total. The van der Waals surface area contributed by atoms with E-state index < -0.39 is 10.0 Å². The molecule has 0 aliphatic carbocycles. The van der Waals surface area contributed by atoms with Gasteiger partial charge < -0.3 is 0 Å². The van der Waals surface area contributed by atoms with E-state index in [0.717, 1.165) is 22.8 Å². The van der Waals surface area contributed by atoms with Gasteiger partial charge in [-0.1, -0.05) is 46.4 Å². The Labute approximate surface area is 117 Å². The van der Waals surface area contributed by atoms with Crippen LogP contribution in [0.4, 0.5) is 0 Å². The summed E-state index contributed by atoms with van der Waals surface area (Å²) in [5.41, 5.74) is 3.38. The van der Waals surface area contributed by atoms with E-state index >= 15 is 0 Å². The van der Waals surface area contributed by atoms with Crippen LogP contribution in [0.25, 0.3) is 11.1 Å². The summed E-state index contributed by atoms with van der Waals surface area (Å²) in [6, 6.07) is 12.7. The highest BCUT2D eigenvalue weighted by atomic mass is 32.2. The zero-order valence-corrected chi connectivity index (χ0v) is 11.9. The lowest BCUT2D eigenvalue weighted by molar-refractivity contribution is 0.563. The molecule has 0 aromatic heterocycles. The largest absolute Gasteiger partial charge is 0.292 e. The highest BCUT2D eigenvalue weighted by molar-refractivity contribution is 7.90. The normalized spacial score (nSPS) is 10.9. The van der Waals surface area contributed by atoms with Crippen molar-refractivity contribution in [3.05, 3.63) is 53.6 Å². The molecule has 102 valence electrons. The molecule has 0 spiro atoms. The number of carbonyl (C=O) groups excluding carboxylic acids is 1. The molecule has 0 unspecified atom stereocenters. The predicted octanol–water partition coefficient (Wildman–Crippen LogP) is 2.99. The molecule has 0 radical (unpaired) electrons. The highest BCUT2D eigenvalue weighted by Crippen LogP contribution is 2.29. The van der Waals surface area contributed by atoms with E-state index in [-0.39, 0.29) is 4.90 Å². The van der Waals surface area contributed by atoms with Gasteiger partial charge in [-0.2, -0.15) is 8.42 Å². The van der Waals surface area contributed by atoms with Crippen molar-refractivity contribution >= 4 is 16.1 Å². The Balaban J connectivity index is 2.68. The molecule has 2 aromatic rings. The third kappa shape index (κ3) is 2.69. The SMILES string of the molecule is Cc1cccc(-c2cccc(S(=O)(=O)N=C=O)c2C)c1. The Morgan fingerprint density at radius 1 is 1.05 bits per heavy atom. The molecule has 0 saturated carbocycles. The third-order valence-electron chi connectivity index (χ3n) is 3.05. The Hall–Kier alpha value is -2.23. The van der Waals surface area contributed by atoms with Gasteiger partial charge in [0.15, 0.2) is 0 Å². The second kappa shape index (κ2) is 5.41. The second-order valence-electron chi connectivity index (χ2n) is 4.46. The minimum absolute atomic E-state index is 0.0276. The number of rotatable bonds is 3. The number of aryl methyl sites for hydroxylation is 1. The van der Waals surface area contributed by atoms with E-state index in [1.54, 1.807) is 13.0 Å². The van der Waals surface area contributed by atoms with Gasteiger partial charge in [0.2, 0.25) is 0 Å². The van der Waals surface area contributed by atoms with E-state index in [1.807, 2.05) is 37.3 Å². The summed E-state index contributed by atoms with van der Waals surface area (Å²) in [5.74, 6) is 0. The molecule has 2 aromatic carbocycles. The fourth-order valence-electron chi connectivity index (χ4n) is 2.12. The van der Waals surface area contributed by atoms with Gasteiger partial charge in [-0.05, 0) is 36.6 Å². The van der Waals surface area contributed by atoms with Crippen LogP contribution < -0.4 is 0 Å². The van der Waals surface area contributed by atoms with Crippen LogP contribution in [-0.2, 0) is 14.8 Å². The quantitative estimate of drug-likeness (QED) is 0.644. The van der Waals surface area contributed by atoms with Crippen LogP contribution in [0.2, 0.25) is 0 Å². The van der Waals surface area contributed by atoms with Crippen molar-refractivity contribution in [2.75, 3.05) is 0 Å². The van der Waals surface area contributed by atoms with Crippen molar-refractivity contribution in [1.29, 1.82) is 0 Å². The fourth-order valence-corrected chi connectivity index (χ4v) is 3.06. The number of benzene rings is 2. The summed E-state index contributed by atoms with van der Waals surface area (Å²) in [4.78, 5) is 10.3. The van der Waals surface area contributed by atoms with E-state index in [4.69, 9.17) is 0 Å². The molecular weight excluding hydrogens is 274 g/mol. The van der Waals surface area contributed by atoms with Gasteiger partial charge in [0.25, 0.3) is 16.1 Å². The molecular formula is C15H13NO3S. The van der Waals surface area contributed by atoms with Crippen molar-refractivity contribution in [2.24, 2.45) is 4.40 Å². The third-order valence-corrected chi connectivity index (χ3v) is 4.36. The number of hydrogen-bond acceptors (Lipinski definition) is 3. The first-order valence-electron chi connectivity index (χ1n) is 5.96. The van der Waals surface area contributed by atoms with Gasteiger partial charge in [-0.3, -0.25) is 0 Å². The van der Waals surface area contributed by atoms with E-state index in [1.165, 1.54) is 6.07 Å². The zero-order chi connectivity index (χ0) is 14.8. The number of hydrogen-bond donors (Lipinski definition) is 0. The molecule has 0 heterocycles. The lowest BCUT2D eigenvalue weighted by Gasteiger charge is -2.10. The molecule has 0 atom stereocenters. The Bertz CT molecular complexity index is 804. The minimum Gasteiger partial charge on any atom is -0.210 e. The van der Waals surface area contributed by atoms with E-state index in [9.17, 15) is 13.2 Å². The van der Waals surface area contributed by atoms with Crippen LogP contribution in [-0.4, -0.2) is 14.5 Å². The average Bonchev–Trinajstić information content (AvgIpc) is 2.38. The van der Waals surface area contributed by atoms with Crippen molar-refractivity contribution in [1.82, 2.24) is 0 Å². The van der Waals surface area contributed by atoms with Crippen LogP contribution in [0.3, 0.4) is 0 Å². The highest BCUT2D eigenvalue weighted by Gasteiger charge is 2.18. The maximum absolute atomic E-state index is 11.9. The van der Waals surface area contributed by atoms with Gasteiger partial charge in [-0.15, -0.1) is 0 Å². The van der Waals surface area contributed by atoms with Crippen LogP contribution in [0.15, 0.2) is 51.8 Å². The topological polar surface area (TPSA) is 63.6 Å². The lowest BCUT2D eigenvalue weighted by atomic mass is 9.99. The summed E-state index contributed by atoms with van der Waals surface area (Å²) in [5, 5.41) is 0. The summed E-state index contributed by atoms with van der Waals surface area (Å²) in [7, 11) is -3.98. The fraction of sp³-hybridized carbons (Fsp3) is 0.133.